The number of esters is 2. The van der Waals surface area contributed by atoms with Crippen LogP contribution in [0.3, 0.4) is 0 Å². The van der Waals surface area contributed by atoms with Crippen LogP contribution in [-0.2, 0) is 32.7 Å². The third-order valence-corrected chi connectivity index (χ3v) is 6.95. The molecule has 0 saturated heterocycles. The second kappa shape index (κ2) is 28.7. The molecule has 3 N–H and O–H groups in total. The lowest BCUT2D eigenvalue weighted by molar-refractivity contribution is -0.161. The lowest BCUT2D eigenvalue weighted by Crippen LogP contribution is -2.29. The Kier molecular flexibility index (Phi) is 27.3. The molecule has 0 aromatic heterocycles. The summed E-state index contributed by atoms with van der Waals surface area (Å²) in [5.74, 6) is -0.990. The van der Waals surface area contributed by atoms with Crippen molar-refractivity contribution in [2.75, 3.05) is 26.4 Å². The highest BCUT2D eigenvalue weighted by atomic mass is 31.2. The Balaban J connectivity index is 4.33. The molecule has 0 bridgehead atoms. The third kappa shape index (κ3) is 28.5. The van der Waals surface area contributed by atoms with Gasteiger partial charge in [0.15, 0.2) is 6.10 Å². The minimum atomic E-state index is -4.60. The second-order valence-corrected chi connectivity index (χ2v) is 11.6. The van der Waals surface area contributed by atoms with Gasteiger partial charge in [-0.3, -0.25) is 18.6 Å². The molecule has 0 fully saturated rings. The van der Waals surface area contributed by atoms with Crippen LogP contribution in [0.15, 0.2) is 48.6 Å². The maximum atomic E-state index is 12.4. The molecule has 0 aliphatic rings. The van der Waals surface area contributed by atoms with E-state index in [1.54, 1.807) is 0 Å². The highest BCUT2D eigenvalue weighted by Gasteiger charge is 2.27. The summed E-state index contributed by atoms with van der Waals surface area (Å²) in [7, 11) is -4.60. The normalized spacial score (nSPS) is 15.0. The maximum absolute atomic E-state index is 12.4. The van der Waals surface area contributed by atoms with E-state index in [4.69, 9.17) is 19.1 Å². The summed E-state index contributed by atoms with van der Waals surface area (Å²) in [5, 5.41) is 18.1. The van der Waals surface area contributed by atoms with Crippen LogP contribution < -0.4 is 0 Å². The number of ether oxygens (including phenoxy) is 2. The van der Waals surface area contributed by atoms with Crippen molar-refractivity contribution in [1.29, 1.82) is 0 Å². The van der Waals surface area contributed by atoms with Gasteiger partial charge in [-0.25, -0.2) is 4.57 Å². The van der Waals surface area contributed by atoms with Gasteiger partial charge < -0.3 is 24.6 Å². The van der Waals surface area contributed by atoms with Crippen molar-refractivity contribution in [1.82, 2.24) is 0 Å². The Hall–Kier alpha value is -2.07. The Morgan fingerprint density at radius 2 is 1.28 bits per heavy atom. The van der Waals surface area contributed by atoms with Crippen molar-refractivity contribution in [3.05, 3.63) is 48.6 Å². The van der Waals surface area contributed by atoms with Gasteiger partial charge in [-0.15, -0.1) is 0 Å². The predicted molar refractivity (Wildman–Crippen MR) is 168 cm³/mol. The number of rotatable bonds is 28. The smallest absolute Gasteiger partial charge is 0.462 e. The maximum Gasteiger partial charge on any atom is 0.472 e. The van der Waals surface area contributed by atoms with Crippen LogP contribution in [0.2, 0.25) is 0 Å². The van der Waals surface area contributed by atoms with Gasteiger partial charge in [-0.2, -0.15) is 0 Å². The van der Waals surface area contributed by atoms with Gasteiger partial charge in [0.05, 0.1) is 19.8 Å². The van der Waals surface area contributed by atoms with Crippen molar-refractivity contribution in [2.45, 2.75) is 116 Å². The van der Waals surface area contributed by atoms with Gasteiger partial charge in [0.2, 0.25) is 0 Å². The van der Waals surface area contributed by atoms with Gasteiger partial charge in [0, 0.05) is 12.8 Å². The van der Waals surface area contributed by atoms with Crippen LogP contribution in [-0.4, -0.2) is 65.7 Å². The first-order valence-electron chi connectivity index (χ1n) is 15.6. The quantitative estimate of drug-likeness (QED) is 0.0371. The molecule has 0 radical (unpaired) electrons. The van der Waals surface area contributed by atoms with E-state index in [2.05, 4.69) is 60.1 Å². The van der Waals surface area contributed by atoms with E-state index in [0.717, 1.165) is 64.2 Å². The number of hydrogen-bond donors (Lipinski definition) is 3. The fourth-order valence-electron chi connectivity index (χ4n) is 3.57. The summed E-state index contributed by atoms with van der Waals surface area (Å²) >= 11 is 0. The lowest BCUT2D eigenvalue weighted by atomic mass is 10.1. The molecule has 10 nitrogen and oxygen atoms in total. The number of unbranched alkanes of at least 4 members (excludes halogenated alkanes) is 6. The van der Waals surface area contributed by atoms with E-state index >= 15 is 0 Å². The molecule has 0 aliphatic heterocycles. The molecule has 0 spiro atoms. The van der Waals surface area contributed by atoms with Gasteiger partial charge >= 0.3 is 19.8 Å². The number of aliphatic hydroxyl groups excluding tert-OH is 2. The topological polar surface area (TPSA) is 149 Å². The number of allylic oxidation sites excluding steroid dienone is 8. The van der Waals surface area contributed by atoms with Gasteiger partial charge in [0.25, 0.3) is 0 Å². The first-order valence-corrected chi connectivity index (χ1v) is 17.1. The zero-order valence-electron chi connectivity index (χ0n) is 26.1. The van der Waals surface area contributed by atoms with Gasteiger partial charge in [-0.1, -0.05) is 88.1 Å². The first-order chi connectivity index (χ1) is 20.7. The van der Waals surface area contributed by atoms with Crippen LogP contribution in [0.25, 0.3) is 0 Å². The van der Waals surface area contributed by atoms with Gasteiger partial charge in [0.1, 0.15) is 12.7 Å². The third-order valence-electron chi connectivity index (χ3n) is 6.00. The highest BCUT2D eigenvalue weighted by molar-refractivity contribution is 7.47. The first kappa shape index (κ1) is 40.9. The van der Waals surface area contributed by atoms with Crippen molar-refractivity contribution >= 4 is 19.8 Å². The van der Waals surface area contributed by atoms with Crippen LogP contribution in [0.1, 0.15) is 104 Å². The standard InChI is InChI=1S/C32H55O10P/c1-3-5-7-8-9-10-11-12-13-14-15-16-17-18-19-20-22-24-32(36)42-30(27-39-31(35)23-21-6-4-2)28-41-43(37,38)40-26-29(34)25-33/h5,7,9-10,12-13,15-16,29-30,33-34H,3-4,6,8,11,14,17-28H2,1-2H3,(H,37,38)/b7-5-,10-9-,13-12-,16-15-. The molecule has 0 heterocycles. The molecule has 43 heavy (non-hydrogen) atoms. The molecular weight excluding hydrogens is 575 g/mol. The lowest BCUT2D eigenvalue weighted by Gasteiger charge is -2.20. The second-order valence-electron chi connectivity index (χ2n) is 10.1. The van der Waals surface area contributed by atoms with Crippen molar-refractivity contribution < 1.29 is 47.8 Å². The monoisotopic (exact) mass is 630 g/mol. The average molecular weight is 631 g/mol. The van der Waals surface area contributed by atoms with Crippen LogP contribution in [0.4, 0.5) is 0 Å². The van der Waals surface area contributed by atoms with Crippen LogP contribution in [0.5, 0.6) is 0 Å². The average Bonchev–Trinajstić information content (AvgIpc) is 2.99. The van der Waals surface area contributed by atoms with E-state index in [0.29, 0.717) is 12.8 Å². The molecule has 3 atom stereocenters. The van der Waals surface area contributed by atoms with E-state index in [9.17, 15) is 24.2 Å². The zero-order valence-corrected chi connectivity index (χ0v) is 27.0. The fraction of sp³-hybridized carbons (Fsp3) is 0.688. The van der Waals surface area contributed by atoms with Gasteiger partial charge in [-0.05, 0) is 51.4 Å². The fourth-order valence-corrected chi connectivity index (χ4v) is 4.36. The summed E-state index contributed by atoms with van der Waals surface area (Å²) < 4.78 is 32.1. The molecule has 248 valence electrons. The molecule has 0 rings (SSSR count). The van der Waals surface area contributed by atoms with Crippen molar-refractivity contribution in [2.24, 2.45) is 0 Å². The molecule has 0 amide bonds. The number of carbonyl (C=O) groups excluding carboxylic acids is 2. The molecule has 0 aromatic rings. The number of phosphoric ester groups is 1. The summed E-state index contributed by atoms with van der Waals surface area (Å²) in [6.07, 6.45) is 26.1. The molecule has 3 unspecified atom stereocenters. The van der Waals surface area contributed by atoms with Crippen LogP contribution in [0, 0.1) is 0 Å². The Morgan fingerprint density at radius 1 is 0.721 bits per heavy atom. The summed E-state index contributed by atoms with van der Waals surface area (Å²) in [5.41, 5.74) is 0. The molecule has 0 aromatic carbocycles. The summed E-state index contributed by atoms with van der Waals surface area (Å²) in [4.78, 5) is 34.1. The number of aliphatic hydroxyl groups is 2. The van der Waals surface area contributed by atoms with E-state index in [1.165, 1.54) is 0 Å². The molecule has 11 heteroatoms. The zero-order chi connectivity index (χ0) is 32.0. The molecular formula is C32H55O10P. The highest BCUT2D eigenvalue weighted by Crippen LogP contribution is 2.43. The Bertz CT molecular complexity index is 868. The molecule has 0 saturated carbocycles. The number of phosphoric acid groups is 1. The Labute approximate surface area is 258 Å². The minimum Gasteiger partial charge on any atom is -0.462 e. The number of carbonyl (C=O) groups is 2. The minimum absolute atomic E-state index is 0.154. The SMILES string of the molecule is CC/C=C\C/C=C\C/C=C\C/C=C\CCCCCCC(=O)OC(COC(=O)CCCCC)COP(=O)(O)OCC(O)CO. The largest absolute Gasteiger partial charge is 0.472 e. The predicted octanol–water partition coefficient (Wildman–Crippen LogP) is 6.65. The van der Waals surface area contributed by atoms with E-state index in [-0.39, 0.29) is 19.4 Å². The van der Waals surface area contributed by atoms with E-state index < -0.39 is 51.8 Å². The van der Waals surface area contributed by atoms with E-state index in [1.807, 2.05) is 6.92 Å². The van der Waals surface area contributed by atoms with Crippen molar-refractivity contribution in [3.8, 4) is 0 Å². The summed E-state index contributed by atoms with van der Waals surface area (Å²) in [6.45, 7) is 1.99. The Morgan fingerprint density at radius 3 is 1.91 bits per heavy atom. The molecule has 0 aliphatic carbocycles. The van der Waals surface area contributed by atoms with Crippen molar-refractivity contribution in [3.63, 3.8) is 0 Å². The van der Waals surface area contributed by atoms with Crippen LogP contribution >= 0.6 is 7.82 Å². The summed E-state index contributed by atoms with van der Waals surface area (Å²) in [6, 6.07) is 0. The number of hydrogen-bond acceptors (Lipinski definition) is 9.